The zero-order valence-electron chi connectivity index (χ0n) is 12.0. The minimum Gasteiger partial charge on any atom is -0.462 e. The third kappa shape index (κ3) is 2.76. The number of hydrogen-bond acceptors (Lipinski definition) is 5. The summed E-state index contributed by atoms with van der Waals surface area (Å²) in [6, 6.07) is 0. The average Bonchev–Trinajstić information content (AvgIpc) is 3.32. The van der Waals surface area contributed by atoms with Gasteiger partial charge in [0.05, 0.1) is 17.9 Å². The monoisotopic (exact) mass is 275 g/mol. The molecule has 2 fully saturated rings. The SMILES string of the molecule is CCOC(=O)c1cnc(N2CCCCC2)nc1C1CC1. The number of rotatable bonds is 4. The molecule has 1 aromatic rings. The highest BCUT2D eigenvalue weighted by Crippen LogP contribution is 2.41. The van der Waals surface area contributed by atoms with E-state index in [-0.39, 0.29) is 5.97 Å². The van der Waals surface area contributed by atoms with E-state index in [4.69, 9.17) is 4.74 Å². The fourth-order valence-corrected chi connectivity index (χ4v) is 2.67. The van der Waals surface area contributed by atoms with Crippen molar-refractivity contribution in [2.45, 2.75) is 44.9 Å². The van der Waals surface area contributed by atoms with E-state index in [0.29, 0.717) is 18.1 Å². The number of nitrogens with zero attached hydrogens (tertiary/aromatic N) is 3. The van der Waals surface area contributed by atoms with E-state index < -0.39 is 0 Å². The number of aromatic nitrogens is 2. The summed E-state index contributed by atoms with van der Waals surface area (Å²) < 4.78 is 5.10. The molecule has 0 aromatic carbocycles. The molecule has 1 aliphatic heterocycles. The van der Waals surface area contributed by atoms with E-state index in [0.717, 1.165) is 37.6 Å². The van der Waals surface area contributed by atoms with Crippen LogP contribution < -0.4 is 4.90 Å². The number of carbonyl (C=O) groups excluding carboxylic acids is 1. The summed E-state index contributed by atoms with van der Waals surface area (Å²) in [5.74, 6) is 0.903. The normalized spacial score (nSPS) is 18.9. The van der Waals surface area contributed by atoms with Crippen molar-refractivity contribution in [1.29, 1.82) is 0 Å². The van der Waals surface area contributed by atoms with Crippen LogP contribution in [0.25, 0.3) is 0 Å². The molecule has 1 saturated carbocycles. The van der Waals surface area contributed by atoms with Gasteiger partial charge in [0.1, 0.15) is 0 Å². The summed E-state index contributed by atoms with van der Waals surface area (Å²) in [6.45, 7) is 4.24. The maximum absolute atomic E-state index is 12.0. The molecule has 0 bridgehead atoms. The van der Waals surface area contributed by atoms with Crippen molar-refractivity contribution in [3.63, 3.8) is 0 Å². The predicted molar refractivity (Wildman–Crippen MR) is 76.0 cm³/mol. The first-order chi connectivity index (χ1) is 9.79. The molecule has 2 aliphatic rings. The van der Waals surface area contributed by atoms with Crippen LogP contribution >= 0.6 is 0 Å². The highest BCUT2D eigenvalue weighted by Gasteiger charge is 2.31. The Morgan fingerprint density at radius 2 is 2.10 bits per heavy atom. The Bertz CT molecular complexity index is 494. The lowest BCUT2D eigenvalue weighted by molar-refractivity contribution is 0.0524. The van der Waals surface area contributed by atoms with Crippen molar-refractivity contribution < 1.29 is 9.53 Å². The number of esters is 1. The van der Waals surface area contributed by atoms with Gasteiger partial charge in [0.2, 0.25) is 5.95 Å². The van der Waals surface area contributed by atoms with Gasteiger partial charge in [0, 0.05) is 25.2 Å². The van der Waals surface area contributed by atoms with Crippen LogP contribution in [0.2, 0.25) is 0 Å². The number of anilines is 1. The molecule has 5 nitrogen and oxygen atoms in total. The Kier molecular flexibility index (Phi) is 3.85. The van der Waals surface area contributed by atoms with Crippen LogP contribution in [-0.4, -0.2) is 35.6 Å². The maximum Gasteiger partial charge on any atom is 0.341 e. The topological polar surface area (TPSA) is 55.3 Å². The zero-order valence-corrected chi connectivity index (χ0v) is 12.0. The molecular formula is C15H21N3O2. The van der Waals surface area contributed by atoms with Gasteiger partial charge >= 0.3 is 5.97 Å². The van der Waals surface area contributed by atoms with Crippen molar-refractivity contribution in [2.24, 2.45) is 0 Å². The number of carbonyl (C=O) groups is 1. The van der Waals surface area contributed by atoms with Gasteiger partial charge in [-0.25, -0.2) is 14.8 Å². The molecule has 1 aromatic heterocycles. The number of ether oxygens (including phenoxy) is 1. The van der Waals surface area contributed by atoms with E-state index in [2.05, 4.69) is 14.9 Å². The molecule has 0 atom stereocenters. The van der Waals surface area contributed by atoms with E-state index in [1.54, 1.807) is 6.20 Å². The van der Waals surface area contributed by atoms with Crippen molar-refractivity contribution in [3.05, 3.63) is 17.5 Å². The lowest BCUT2D eigenvalue weighted by Crippen LogP contribution is -2.31. The molecule has 5 heteroatoms. The first kappa shape index (κ1) is 13.3. The Labute approximate surface area is 119 Å². The first-order valence-corrected chi connectivity index (χ1v) is 7.58. The molecular weight excluding hydrogens is 254 g/mol. The van der Waals surface area contributed by atoms with Crippen LogP contribution in [0, 0.1) is 0 Å². The zero-order chi connectivity index (χ0) is 13.9. The van der Waals surface area contributed by atoms with E-state index in [9.17, 15) is 4.79 Å². The third-order valence-electron chi connectivity index (χ3n) is 3.90. The molecule has 0 spiro atoms. The van der Waals surface area contributed by atoms with Crippen molar-refractivity contribution in [1.82, 2.24) is 9.97 Å². The van der Waals surface area contributed by atoms with Gasteiger partial charge in [0.15, 0.2) is 0 Å². The maximum atomic E-state index is 12.0. The van der Waals surface area contributed by atoms with Gasteiger partial charge in [0.25, 0.3) is 0 Å². The van der Waals surface area contributed by atoms with Crippen LogP contribution in [0.1, 0.15) is 61.0 Å². The Morgan fingerprint density at radius 1 is 1.35 bits per heavy atom. The average molecular weight is 275 g/mol. The minimum absolute atomic E-state index is 0.292. The van der Waals surface area contributed by atoms with E-state index in [1.165, 1.54) is 19.3 Å². The molecule has 0 amide bonds. The summed E-state index contributed by atoms with van der Waals surface area (Å²) in [5.41, 5.74) is 1.44. The lowest BCUT2D eigenvalue weighted by atomic mass is 10.1. The third-order valence-corrected chi connectivity index (χ3v) is 3.90. The summed E-state index contributed by atoms with van der Waals surface area (Å²) in [4.78, 5) is 23.3. The van der Waals surface area contributed by atoms with E-state index in [1.807, 2.05) is 6.92 Å². The lowest BCUT2D eigenvalue weighted by Gasteiger charge is -2.27. The Hall–Kier alpha value is -1.65. The van der Waals surface area contributed by atoms with Gasteiger partial charge in [-0.1, -0.05) is 0 Å². The van der Waals surface area contributed by atoms with Gasteiger partial charge in [-0.15, -0.1) is 0 Å². The highest BCUT2D eigenvalue weighted by molar-refractivity contribution is 5.90. The van der Waals surface area contributed by atoms with Crippen molar-refractivity contribution >= 4 is 11.9 Å². The Morgan fingerprint density at radius 3 is 2.75 bits per heavy atom. The largest absolute Gasteiger partial charge is 0.462 e. The smallest absolute Gasteiger partial charge is 0.341 e. The highest BCUT2D eigenvalue weighted by atomic mass is 16.5. The standard InChI is InChI=1S/C15H21N3O2/c1-2-20-14(19)12-10-16-15(17-13(12)11-6-7-11)18-8-4-3-5-9-18/h10-11H,2-9H2,1H3. The second kappa shape index (κ2) is 5.77. The summed E-state index contributed by atoms with van der Waals surface area (Å²) in [6.07, 6.45) is 7.56. The quantitative estimate of drug-likeness (QED) is 0.790. The number of piperidine rings is 1. The van der Waals surface area contributed by atoms with Crippen LogP contribution in [0.15, 0.2) is 6.20 Å². The fourth-order valence-electron chi connectivity index (χ4n) is 2.67. The van der Waals surface area contributed by atoms with Crippen LogP contribution in [0.4, 0.5) is 5.95 Å². The predicted octanol–water partition coefficient (Wildman–Crippen LogP) is 2.52. The fraction of sp³-hybridized carbons (Fsp3) is 0.667. The molecule has 3 rings (SSSR count). The van der Waals surface area contributed by atoms with Gasteiger partial charge in [-0.3, -0.25) is 0 Å². The molecule has 0 N–H and O–H groups in total. The molecule has 2 heterocycles. The molecule has 0 unspecified atom stereocenters. The minimum atomic E-state index is -0.292. The second-order valence-corrected chi connectivity index (χ2v) is 5.51. The molecule has 0 radical (unpaired) electrons. The van der Waals surface area contributed by atoms with Gasteiger partial charge in [-0.05, 0) is 39.0 Å². The van der Waals surface area contributed by atoms with Crippen LogP contribution in [-0.2, 0) is 4.74 Å². The summed E-state index contributed by atoms with van der Waals surface area (Å²) >= 11 is 0. The first-order valence-electron chi connectivity index (χ1n) is 7.58. The molecule has 20 heavy (non-hydrogen) atoms. The van der Waals surface area contributed by atoms with Gasteiger partial charge < -0.3 is 9.64 Å². The van der Waals surface area contributed by atoms with Crippen LogP contribution in [0.3, 0.4) is 0 Å². The molecule has 1 saturated heterocycles. The Balaban J connectivity index is 1.87. The molecule has 1 aliphatic carbocycles. The van der Waals surface area contributed by atoms with Crippen molar-refractivity contribution in [2.75, 3.05) is 24.6 Å². The van der Waals surface area contributed by atoms with Crippen molar-refractivity contribution in [3.8, 4) is 0 Å². The number of hydrogen-bond donors (Lipinski definition) is 0. The second-order valence-electron chi connectivity index (χ2n) is 5.51. The summed E-state index contributed by atoms with van der Waals surface area (Å²) in [5, 5.41) is 0. The van der Waals surface area contributed by atoms with Gasteiger partial charge in [-0.2, -0.15) is 0 Å². The summed E-state index contributed by atoms with van der Waals surface area (Å²) in [7, 11) is 0. The van der Waals surface area contributed by atoms with Crippen LogP contribution in [0.5, 0.6) is 0 Å². The van der Waals surface area contributed by atoms with E-state index >= 15 is 0 Å². The molecule has 108 valence electrons.